The van der Waals surface area contributed by atoms with Gasteiger partial charge in [-0.3, -0.25) is 4.79 Å². The molecular formula is C17H20N4O. The Morgan fingerprint density at radius 2 is 2.09 bits per heavy atom. The summed E-state index contributed by atoms with van der Waals surface area (Å²) in [4.78, 5) is 23.1. The number of amides is 1. The van der Waals surface area contributed by atoms with Gasteiger partial charge >= 0.3 is 0 Å². The molecular weight excluding hydrogens is 276 g/mol. The predicted octanol–water partition coefficient (Wildman–Crippen LogP) is 2.41. The van der Waals surface area contributed by atoms with Crippen LogP contribution >= 0.6 is 0 Å². The van der Waals surface area contributed by atoms with Gasteiger partial charge in [0, 0.05) is 31.9 Å². The number of aromatic nitrogens is 2. The van der Waals surface area contributed by atoms with E-state index in [0.29, 0.717) is 23.2 Å². The Morgan fingerprint density at radius 3 is 2.73 bits per heavy atom. The van der Waals surface area contributed by atoms with Crippen molar-refractivity contribution in [2.24, 2.45) is 0 Å². The van der Waals surface area contributed by atoms with Crippen LogP contribution in [0.15, 0.2) is 30.5 Å². The van der Waals surface area contributed by atoms with Crippen molar-refractivity contribution in [1.82, 2.24) is 15.3 Å². The SMILES string of the molecule is Cc1cccc(-c2ncc(C(=O)NC3CC3)c(N(C)C)n2)c1. The lowest BCUT2D eigenvalue weighted by Gasteiger charge is -2.16. The lowest BCUT2D eigenvalue weighted by Crippen LogP contribution is -2.28. The lowest BCUT2D eigenvalue weighted by molar-refractivity contribution is 0.0951. The molecule has 0 spiro atoms. The molecule has 0 unspecified atom stereocenters. The number of hydrogen-bond acceptors (Lipinski definition) is 4. The molecule has 3 rings (SSSR count). The molecule has 22 heavy (non-hydrogen) atoms. The van der Waals surface area contributed by atoms with E-state index in [1.54, 1.807) is 6.20 Å². The molecule has 5 nitrogen and oxygen atoms in total. The van der Waals surface area contributed by atoms with Gasteiger partial charge in [-0.2, -0.15) is 0 Å². The second kappa shape index (κ2) is 5.75. The number of carbonyl (C=O) groups is 1. The van der Waals surface area contributed by atoms with Gasteiger partial charge in [0.15, 0.2) is 5.82 Å². The number of nitrogens with zero attached hydrogens (tertiary/aromatic N) is 3. The van der Waals surface area contributed by atoms with E-state index in [-0.39, 0.29) is 5.91 Å². The zero-order valence-corrected chi connectivity index (χ0v) is 13.1. The van der Waals surface area contributed by atoms with E-state index in [9.17, 15) is 4.79 Å². The topological polar surface area (TPSA) is 58.1 Å². The van der Waals surface area contributed by atoms with Crippen LogP contribution in [-0.4, -0.2) is 36.0 Å². The van der Waals surface area contributed by atoms with Crippen molar-refractivity contribution in [2.45, 2.75) is 25.8 Å². The van der Waals surface area contributed by atoms with Crippen LogP contribution in [-0.2, 0) is 0 Å². The molecule has 1 aliphatic rings. The first-order valence-electron chi connectivity index (χ1n) is 7.47. The Hall–Kier alpha value is -2.43. The van der Waals surface area contributed by atoms with Crippen molar-refractivity contribution in [3.05, 3.63) is 41.6 Å². The van der Waals surface area contributed by atoms with Crippen molar-refractivity contribution >= 4 is 11.7 Å². The number of nitrogens with one attached hydrogen (secondary N) is 1. The molecule has 1 N–H and O–H groups in total. The van der Waals surface area contributed by atoms with Crippen molar-refractivity contribution in [3.8, 4) is 11.4 Å². The third kappa shape index (κ3) is 3.08. The van der Waals surface area contributed by atoms with Gasteiger partial charge in [-0.25, -0.2) is 9.97 Å². The summed E-state index contributed by atoms with van der Waals surface area (Å²) >= 11 is 0. The Bertz CT molecular complexity index is 708. The molecule has 1 aliphatic carbocycles. The summed E-state index contributed by atoms with van der Waals surface area (Å²) in [7, 11) is 3.77. The number of rotatable bonds is 4. The Balaban J connectivity index is 1.97. The van der Waals surface area contributed by atoms with Gasteiger partial charge in [-0.1, -0.05) is 23.8 Å². The summed E-state index contributed by atoms with van der Waals surface area (Å²) in [6, 6.07) is 8.36. The molecule has 5 heteroatoms. The van der Waals surface area contributed by atoms with Gasteiger partial charge in [-0.15, -0.1) is 0 Å². The first-order chi connectivity index (χ1) is 10.5. The van der Waals surface area contributed by atoms with Crippen LogP contribution in [0.2, 0.25) is 0 Å². The third-order valence-corrected chi connectivity index (χ3v) is 3.63. The highest BCUT2D eigenvalue weighted by molar-refractivity contribution is 5.99. The van der Waals surface area contributed by atoms with Crippen LogP contribution in [0.25, 0.3) is 11.4 Å². The molecule has 2 aromatic rings. The van der Waals surface area contributed by atoms with Gasteiger partial charge in [0.1, 0.15) is 11.4 Å². The van der Waals surface area contributed by atoms with Gasteiger partial charge in [0.05, 0.1) is 0 Å². The molecule has 1 aromatic carbocycles. The summed E-state index contributed by atoms with van der Waals surface area (Å²) in [5.41, 5.74) is 2.63. The normalized spacial score (nSPS) is 13.8. The summed E-state index contributed by atoms with van der Waals surface area (Å²) in [5, 5.41) is 2.99. The smallest absolute Gasteiger partial charge is 0.256 e. The van der Waals surface area contributed by atoms with E-state index < -0.39 is 0 Å². The second-order valence-corrected chi connectivity index (χ2v) is 5.94. The summed E-state index contributed by atoms with van der Waals surface area (Å²) < 4.78 is 0. The maximum Gasteiger partial charge on any atom is 0.256 e. The highest BCUT2D eigenvalue weighted by Crippen LogP contribution is 2.24. The van der Waals surface area contributed by atoms with E-state index >= 15 is 0 Å². The minimum absolute atomic E-state index is 0.0954. The fraction of sp³-hybridized carbons (Fsp3) is 0.353. The van der Waals surface area contributed by atoms with Crippen molar-refractivity contribution in [2.75, 3.05) is 19.0 Å². The van der Waals surface area contributed by atoms with Crippen LogP contribution < -0.4 is 10.2 Å². The Kier molecular flexibility index (Phi) is 3.79. The predicted molar refractivity (Wildman–Crippen MR) is 87.0 cm³/mol. The molecule has 0 aliphatic heterocycles. The zero-order chi connectivity index (χ0) is 15.7. The van der Waals surface area contributed by atoms with E-state index in [4.69, 9.17) is 0 Å². The molecule has 1 amide bonds. The summed E-state index contributed by atoms with van der Waals surface area (Å²) in [5.74, 6) is 1.18. The number of hydrogen-bond donors (Lipinski definition) is 1. The minimum atomic E-state index is -0.0954. The maximum atomic E-state index is 12.3. The quantitative estimate of drug-likeness (QED) is 0.941. The summed E-state index contributed by atoms with van der Waals surface area (Å²) in [6.07, 6.45) is 3.74. The van der Waals surface area contributed by atoms with Crippen molar-refractivity contribution in [3.63, 3.8) is 0 Å². The first kappa shape index (κ1) is 14.5. The number of aryl methyl sites for hydroxylation is 1. The molecule has 0 saturated heterocycles. The standard InChI is InChI=1S/C17H20N4O/c1-11-5-4-6-12(9-11)15-18-10-14(16(20-15)21(2)3)17(22)19-13-7-8-13/h4-6,9-10,13H,7-8H2,1-3H3,(H,19,22). The average Bonchev–Trinajstić information content (AvgIpc) is 3.30. The van der Waals surface area contributed by atoms with Crippen molar-refractivity contribution < 1.29 is 4.79 Å². The average molecular weight is 296 g/mol. The lowest BCUT2D eigenvalue weighted by atomic mass is 10.1. The van der Waals surface area contributed by atoms with Crippen LogP contribution in [0.3, 0.4) is 0 Å². The highest BCUT2D eigenvalue weighted by Gasteiger charge is 2.26. The van der Waals surface area contributed by atoms with E-state index in [2.05, 4.69) is 15.3 Å². The number of carbonyl (C=O) groups excluding carboxylic acids is 1. The van der Waals surface area contributed by atoms with Crippen LogP contribution in [0.4, 0.5) is 5.82 Å². The molecule has 0 atom stereocenters. The third-order valence-electron chi connectivity index (χ3n) is 3.63. The highest BCUT2D eigenvalue weighted by atomic mass is 16.1. The monoisotopic (exact) mass is 296 g/mol. The van der Waals surface area contributed by atoms with Crippen molar-refractivity contribution in [1.29, 1.82) is 0 Å². The second-order valence-electron chi connectivity index (χ2n) is 5.94. The van der Waals surface area contributed by atoms with Gasteiger partial charge in [0.25, 0.3) is 5.91 Å². The van der Waals surface area contributed by atoms with Crippen LogP contribution in [0.1, 0.15) is 28.8 Å². The largest absolute Gasteiger partial charge is 0.362 e. The van der Waals surface area contributed by atoms with Crippen LogP contribution in [0, 0.1) is 6.92 Å². The minimum Gasteiger partial charge on any atom is -0.362 e. The fourth-order valence-electron chi connectivity index (χ4n) is 2.29. The van der Waals surface area contributed by atoms with Crippen LogP contribution in [0.5, 0.6) is 0 Å². The molecule has 1 saturated carbocycles. The van der Waals surface area contributed by atoms with E-state index in [1.165, 1.54) is 0 Å². The van der Waals surface area contributed by atoms with Gasteiger partial charge < -0.3 is 10.2 Å². The fourth-order valence-corrected chi connectivity index (χ4v) is 2.29. The van der Waals surface area contributed by atoms with E-state index in [0.717, 1.165) is 24.0 Å². The molecule has 1 aromatic heterocycles. The molecule has 1 heterocycles. The molecule has 1 fully saturated rings. The first-order valence-corrected chi connectivity index (χ1v) is 7.47. The summed E-state index contributed by atoms with van der Waals surface area (Å²) in [6.45, 7) is 2.04. The molecule has 0 radical (unpaired) electrons. The zero-order valence-electron chi connectivity index (χ0n) is 13.1. The van der Waals surface area contributed by atoms with E-state index in [1.807, 2.05) is 50.2 Å². The van der Waals surface area contributed by atoms with Gasteiger partial charge in [0.2, 0.25) is 0 Å². The number of benzene rings is 1. The Labute approximate surface area is 130 Å². The number of anilines is 1. The molecule has 0 bridgehead atoms. The maximum absolute atomic E-state index is 12.3. The van der Waals surface area contributed by atoms with Gasteiger partial charge in [-0.05, 0) is 25.8 Å². The Morgan fingerprint density at radius 1 is 1.32 bits per heavy atom. The molecule has 114 valence electrons.